The first kappa shape index (κ1) is 19.5. The second kappa shape index (κ2) is 7.78. The third kappa shape index (κ3) is 4.18. The van der Waals surface area contributed by atoms with Gasteiger partial charge in [0.15, 0.2) is 7.87 Å². The standard InChI is InChI=1S/C22H30NO2P/c1-18-15-16-23(22(2,3)4)26(24,25-18)21(20-13-9-6-10-14-20)17-19-11-7-5-8-12-19/h5-14,18,21H,15-17H2,1-4H3/t18-,21-,26?/m1/s1. The highest BCUT2D eigenvalue weighted by atomic mass is 31.2. The molecule has 0 bridgehead atoms. The minimum absolute atomic E-state index is 0.0152. The second-order valence-electron chi connectivity index (χ2n) is 8.18. The van der Waals surface area contributed by atoms with E-state index in [2.05, 4.69) is 49.7 Å². The van der Waals surface area contributed by atoms with Gasteiger partial charge in [0.25, 0.3) is 0 Å². The van der Waals surface area contributed by atoms with Gasteiger partial charge < -0.3 is 4.89 Å². The van der Waals surface area contributed by atoms with Crippen LogP contribution < -0.4 is 4.89 Å². The molecule has 2 aromatic carbocycles. The molecular weight excluding hydrogens is 341 g/mol. The van der Waals surface area contributed by atoms with E-state index in [-0.39, 0.29) is 17.3 Å². The van der Waals surface area contributed by atoms with Crippen molar-refractivity contribution in [1.29, 1.82) is 0 Å². The molecular formula is C22H30NO2P. The molecule has 140 valence electrons. The van der Waals surface area contributed by atoms with E-state index in [9.17, 15) is 4.89 Å². The molecule has 1 aliphatic rings. The fraction of sp³-hybridized carbons (Fsp3) is 0.455. The van der Waals surface area contributed by atoms with E-state index < -0.39 is 7.87 Å². The summed E-state index contributed by atoms with van der Waals surface area (Å²) in [4.78, 5) is 14.4. The monoisotopic (exact) mass is 371 g/mol. The van der Waals surface area contributed by atoms with Crippen molar-refractivity contribution in [2.24, 2.45) is 0 Å². The summed E-state index contributed by atoms with van der Waals surface area (Å²) in [5.74, 6) is 0. The third-order valence-corrected chi connectivity index (χ3v) is 8.44. The fourth-order valence-corrected chi connectivity index (χ4v) is 7.18. The van der Waals surface area contributed by atoms with E-state index in [0.29, 0.717) is 6.42 Å². The van der Waals surface area contributed by atoms with Crippen LogP contribution in [0.5, 0.6) is 0 Å². The fourth-order valence-electron chi connectivity index (χ4n) is 3.74. The maximum absolute atomic E-state index is 14.4. The van der Waals surface area contributed by atoms with Crippen molar-refractivity contribution < 1.29 is 9.42 Å². The highest BCUT2D eigenvalue weighted by Crippen LogP contribution is 2.71. The maximum atomic E-state index is 14.4. The summed E-state index contributed by atoms with van der Waals surface area (Å²) in [5, 5.41) is 0. The van der Waals surface area contributed by atoms with Gasteiger partial charge in [-0.25, -0.2) is 4.52 Å². The number of benzene rings is 2. The third-order valence-electron chi connectivity index (χ3n) is 5.04. The van der Waals surface area contributed by atoms with Crippen LogP contribution in [0.1, 0.15) is 50.9 Å². The van der Waals surface area contributed by atoms with Gasteiger partial charge in [-0.15, -0.1) is 0 Å². The van der Waals surface area contributed by atoms with Gasteiger partial charge in [0.2, 0.25) is 0 Å². The Labute approximate surface area is 158 Å². The summed E-state index contributed by atoms with van der Waals surface area (Å²) in [6, 6.07) is 20.5. The number of hydrogen-bond donors (Lipinski definition) is 0. The summed E-state index contributed by atoms with van der Waals surface area (Å²) >= 11 is 0. The summed E-state index contributed by atoms with van der Waals surface area (Å²) in [6.07, 6.45) is 1.64. The molecule has 3 nitrogen and oxygen atoms in total. The SMILES string of the molecule is C[C@@H]1CCN(C(C)(C)C)[P+]([O-])([C@H](Cc2ccccc2)c2ccccc2)O1. The molecule has 1 heterocycles. The zero-order chi connectivity index (χ0) is 18.8. The molecule has 26 heavy (non-hydrogen) atoms. The van der Waals surface area contributed by atoms with E-state index in [1.807, 2.05) is 43.3 Å². The van der Waals surface area contributed by atoms with Crippen LogP contribution in [0.15, 0.2) is 60.7 Å². The molecule has 0 radical (unpaired) electrons. The zero-order valence-electron chi connectivity index (χ0n) is 16.3. The normalized spacial score (nSPS) is 25.8. The van der Waals surface area contributed by atoms with E-state index in [1.165, 1.54) is 5.56 Å². The van der Waals surface area contributed by atoms with Gasteiger partial charge in [-0.05, 0) is 45.2 Å². The lowest BCUT2D eigenvalue weighted by atomic mass is 10.0. The first-order chi connectivity index (χ1) is 12.3. The minimum atomic E-state index is -3.07. The maximum Gasteiger partial charge on any atom is 0.182 e. The predicted octanol–water partition coefficient (Wildman–Crippen LogP) is 5.00. The van der Waals surface area contributed by atoms with Gasteiger partial charge >= 0.3 is 0 Å². The number of hydrogen-bond acceptors (Lipinski definition) is 3. The van der Waals surface area contributed by atoms with Crippen molar-refractivity contribution in [3.05, 3.63) is 71.8 Å². The summed E-state index contributed by atoms with van der Waals surface area (Å²) in [5.41, 5.74) is 1.89. The van der Waals surface area contributed by atoms with Gasteiger partial charge in [0, 0.05) is 18.5 Å². The van der Waals surface area contributed by atoms with Crippen LogP contribution in [-0.2, 0) is 10.9 Å². The molecule has 0 spiro atoms. The minimum Gasteiger partial charge on any atom is -0.641 e. The molecule has 0 amide bonds. The molecule has 2 aromatic rings. The van der Waals surface area contributed by atoms with Gasteiger partial charge in [0.1, 0.15) is 11.8 Å². The Bertz CT molecular complexity index is 701. The van der Waals surface area contributed by atoms with Gasteiger partial charge in [-0.2, -0.15) is 4.67 Å². The molecule has 1 fully saturated rings. The summed E-state index contributed by atoms with van der Waals surface area (Å²) in [6.45, 7) is 9.23. The Morgan fingerprint density at radius 1 is 1.08 bits per heavy atom. The average Bonchev–Trinajstić information content (AvgIpc) is 2.60. The van der Waals surface area contributed by atoms with Crippen LogP contribution in [0.25, 0.3) is 0 Å². The Hall–Kier alpha value is -1.25. The van der Waals surface area contributed by atoms with Crippen LogP contribution >= 0.6 is 7.87 Å². The van der Waals surface area contributed by atoms with Crippen molar-refractivity contribution in [3.63, 3.8) is 0 Å². The van der Waals surface area contributed by atoms with Crippen LogP contribution in [-0.4, -0.2) is 22.9 Å². The molecule has 3 atom stereocenters. The van der Waals surface area contributed by atoms with Crippen LogP contribution in [0.2, 0.25) is 0 Å². The summed E-state index contributed by atoms with van der Waals surface area (Å²) < 4.78 is 8.41. The van der Waals surface area contributed by atoms with Crippen LogP contribution in [0.3, 0.4) is 0 Å². The van der Waals surface area contributed by atoms with Gasteiger partial charge in [0.05, 0.1) is 0 Å². The lowest BCUT2D eigenvalue weighted by molar-refractivity contribution is -0.223. The van der Waals surface area contributed by atoms with E-state index in [0.717, 1.165) is 18.5 Å². The number of nitrogens with zero attached hydrogens (tertiary/aromatic N) is 1. The Balaban J connectivity index is 2.05. The van der Waals surface area contributed by atoms with E-state index in [4.69, 9.17) is 4.52 Å². The zero-order valence-corrected chi connectivity index (χ0v) is 17.2. The van der Waals surface area contributed by atoms with Crippen molar-refractivity contribution in [2.45, 2.75) is 57.8 Å². The highest BCUT2D eigenvalue weighted by Gasteiger charge is 2.53. The molecule has 0 N–H and O–H groups in total. The first-order valence-corrected chi connectivity index (χ1v) is 11.1. The molecule has 0 aliphatic carbocycles. The largest absolute Gasteiger partial charge is 0.641 e. The lowest BCUT2D eigenvalue weighted by Gasteiger charge is -2.52. The molecule has 0 saturated carbocycles. The van der Waals surface area contributed by atoms with Crippen LogP contribution in [0, 0.1) is 0 Å². The van der Waals surface area contributed by atoms with Crippen molar-refractivity contribution in [3.8, 4) is 0 Å². The average molecular weight is 371 g/mol. The first-order valence-electron chi connectivity index (χ1n) is 9.46. The van der Waals surface area contributed by atoms with Crippen LogP contribution in [0.4, 0.5) is 0 Å². The molecule has 0 aromatic heterocycles. The predicted molar refractivity (Wildman–Crippen MR) is 108 cm³/mol. The molecule has 4 heteroatoms. The highest BCUT2D eigenvalue weighted by molar-refractivity contribution is 7.62. The lowest BCUT2D eigenvalue weighted by Crippen LogP contribution is -2.51. The Kier molecular flexibility index (Phi) is 5.84. The molecule has 1 saturated heterocycles. The smallest absolute Gasteiger partial charge is 0.182 e. The molecule has 1 aliphatic heterocycles. The van der Waals surface area contributed by atoms with Crippen molar-refractivity contribution in [2.75, 3.05) is 6.54 Å². The second-order valence-corrected chi connectivity index (χ2v) is 10.6. The Morgan fingerprint density at radius 3 is 2.23 bits per heavy atom. The van der Waals surface area contributed by atoms with E-state index in [1.54, 1.807) is 0 Å². The Morgan fingerprint density at radius 2 is 1.65 bits per heavy atom. The van der Waals surface area contributed by atoms with Crippen molar-refractivity contribution in [1.82, 2.24) is 4.67 Å². The van der Waals surface area contributed by atoms with Gasteiger partial charge in [-0.1, -0.05) is 60.7 Å². The van der Waals surface area contributed by atoms with Crippen molar-refractivity contribution >= 4 is 7.87 Å². The summed E-state index contributed by atoms with van der Waals surface area (Å²) in [7, 11) is -3.07. The quantitative estimate of drug-likeness (QED) is 0.709. The molecule has 3 rings (SSSR count). The number of rotatable bonds is 4. The topological polar surface area (TPSA) is 35.5 Å². The van der Waals surface area contributed by atoms with Gasteiger partial charge in [-0.3, -0.25) is 0 Å². The molecule has 1 unspecified atom stereocenters. The van der Waals surface area contributed by atoms with E-state index >= 15 is 0 Å².